The fourth-order valence-corrected chi connectivity index (χ4v) is 5.93. The van der Waals surface area contributed by atoms with E-state index in [1.165, 1.54) is 16.4 Å². The first-order valence-electron chi connectivity index (χ1n) is 9.75. The number of alkyl halides is 3. The van der Waals surface area contributed by atoms with Crippen LogP contribution in [0.4, 0.5) is 13.2 Å². The Bertz CT molecular complexity index is 983. The number of hydrogen-bond donors (Lipinski definition) is 0. The highest BCUT2D eigenvalue weighted by Gasteiger charge is 2.56. The fraction of sp³-hybridized carbons (Fsp3) is 0.579. The van der Waals surface area contributed by atoms with Crippen LogP contribution >= 0.6 is 0 Å². The van der Waals surface area contributed by atoms with Gasteiger partial charge in [-0.3, -0.25) is 9.59 Å². The smallest absolute Gasteiger partial charge is 0.465 e. The second-order valence-corrected chi connectivity index (χ2v) is 10.3. The summed E-state index contributed by atoms with van der Waals surface area (Å²) in [4.78, 5) is 24.8. The van der Waals surface area contributed by atoms with Crippen LogP contribution < -0.4 is 4.74 Å². The Morgan fingerprint density at radius 3 is 2.55 bits per heavy atom. The Kier molecular flexibility index (Phi) is 5.41. The second kappa shape index (κ2) is 7.66. The van der Waals surface area contributed by atoms with Gasteiger partial charge in [-0.25, -0.2) is 8.42 Å². The molecular weight excluding hydrogens is 441 g/mol. The van der Waals surface area contributed by atoms with Gasteiger partial charge in [0, 0.05) is 50.0 Å². The van der Waals surface area contributed by atoms with Gasteiger partial charge in [0.05, 0.1) is 17.9 Å². The van der Waals surface area contributed by atoms with Gasteiger partial charge < -0.3 is 14.4 Å². The van der Waals surface area contributed by atoms with Crippen molar-refractivity contribution in [2.24, 2.45) is 11.3 Å². The van der Waals surface area contributed by atoms with Gasteiger partial charge in [0.2, 0.25) is 15.9 Å². The maximum atomic E-state index is 12.7. The van der Waals surface area contributed by atoms with Crippen molar-refractivity contribution in [1.29, 1.82) is 0 Å². The Morgan fingerprint density at radius 2 is 1.94 bits per heavy atom. The molecule has 3 heterocycles. The number of likely N-dealkylation sites (tertiary alicyclic amines) is 1. The van der Waals surface area contributed by atoms with Gasteiger partial charge in [0.15, 0.2) is 0 Å². The third-order valence-corrected chi connectivity index (χ3v) is 7.60. The number of rotatable bonds is 6. The first kappa shape index (κ1) is 21.9. The molecule has 3 aliphatic heterocycles. The highest BCUT2D eigenvalue weighted by molar-refractivity contribution is 7.89. The summed E-state index contributed by atoms with van der Waals surface area (Å²) in [5, 5.41) is 0. The van der Waals surface area contributed by atoms with Crippen molar-refractivity contribution in [3.05, 3.63) is 24.3 Å². The minimum atomic E-state index is -4.91. The number of benzene rings is 1. The molecule has 3 aliphatic rings. The number of halogens is 3. The highest BCUT2D eigenvalue weighted by atomic mass is 32.2. The number of hydrogen-bond acceptors (Lipinski definition) is 6. The molecule has 0 radical (unpaired) electrons. The molecule has 3 fully saturated rings. The maximum absolute atomic E-state index is 12.7. The van der Waals surface area contributed by atoms with Crippen LogP contribution in [-0.2, 0) is 24.3 Å². The summed E-state index contributed by atoms with van der Waals surface area (Å²) in [7, 11) is -3.96. The average molecular weight is 462 g/mol. The van der Waals surface area contributed by atoms with Crippen LogP contribution in [0.15, 0.2) is 29.2 Å². The third-order valence-electron chi connectivity index (χ3n) is 5.81. The summed E-state index contributed by atoms with van der Waals surface area (Å²) in [5.41, 5.74) is -0.310. The minimum Gasteiger partial charge on any atom is -0.465 e. The molecule has 0 aliphatic carbocycles. The van der Waals surface area contributed by atoms with E-state index in [0.29, 0.717) is 39.0 Å². The monoisotopic (exact) mass is 462 g/mol. The van der Waals surface area contributed by atoms with E-state index in [1.807, 2.05) is 0 Å². The molecule has 0 saturated carbocycles. The summed E-state index contributed by atoms with van der Waals surface area (Å²) >= 11 is 0. The number of carbonyl (C=O) groups is 2. The minimum absolute atomic E-state index is 0.0386. The van der Waals surface area contributed by atoms with Gasteiger partial charge in [-0.2, -0.15) is 4.31 Å². The van der Waals surface area contributed by atoms with Crippen LogP contribution in [-0.4, -0.2) is 68.6 Å². The SMILES string of the molecule is O=C1C[C@H](CCC(=O)N2CC3(C2)CN(S(=O)(=O)c2cccc(OC(F)(F)F)c2)C3)CO1. The van der Waals surface area contributed by atoms with Gasteiger partial charge in [-0.05, 0) is 18.6 Å². The van der Waals surface area contributed by atoms with Gasteiger partial charge in [0.1, 0.15) is 5.75 Å². The topological polar surface area (TPSA) is 93.2 Å². The molecule has 12 heteroatoms. The van der Waals surface area contributed by atoms with E-state index in [0.717, 1.165) is 12.1 Å². The Labute approximate surface area is 176 Å². The van der Waals surface area contributed by atoms with Gasteiger partial charge in [-0.15, -0.1) is 13.2 Å². The predicted octanol–water partition coefficient (Wildman–Crippen LogP) is 1.76. The number of amides is 1. The lowest BCUT2D eigenvalue weighted by Crippen LogP contribution is -2.73. The molecule has 0 aromatic heterocycles. The molecule has 170 valence electrons. The predicted molar refractivity (Wildman–Crippen MR) is 99.2 cm³/mol. The molecule has 1 amide bonds. The van der Waals surface area contributed by atoms with Gasteiger partial charge in [0.25, 0.3) is 0 Å². The lowest BCUT2D eigenvalue weighted by molar-refractivity contribution is -0.274. The number of cyclic esters (lactones) is 1. The second-order valence-electron chi connectivity index (χ2n) is 8.34. The summed E-state index contributed by atoms with van der Waals surface area (Å²) in [6.07, 6.45) is -3.69. The van der Waals surface area contributed by atoms with Crippen LogP contribution in [0.1, 0.15) is 19.3 Å². The van der Waals surface area contributed by atoms with Gasteiger partial charge in [-0.1, -0.05) is 6.07 Å². The molecule has 0 bridgehead atoms. The van der Waals surface area contributed by atoms with E-state index in [1.54, 1.807) is 4.90 Å². The molecule has 31 heavy (non-hydrogen) atoms. The van der Waals surface area contributed by atoms with E-state index in [-0.39, 0.29) is 41.2 Å². The number of ether oxygens (including phenoxy) is 2. The molecule has 8 nitrogen and oxygen atoms in total. The molecule has 1 atom stereocenters. The van der Waals surface area contributed by atoms with Crippen molar-refractivity contribution in [2.75, 3.05) is 32.8 Å². The quantitative estimate of drug-likeness (QED) is 0.599. The third kappa shape index (κ3) is 4.64. The average Bonchev–Trinajstić information content (AvgIpc) is 3.01. The first-order valence-corrected chi connectivity index (χ1v) is 11.2. The lowest BCUT2D eigenvalue weighted by atomic mass is 9.74. The van der Waals surface area contributed by atoms with Crippen molar-refractivity contribution in [1.82, 2.24) is 9.21 Å². The molecule has 1 spiro atoms. The number of carbonyl (C=O) groups excluding carboxylic acids is 2. The first-order chi connectivity index (χ1) is 14.5. The van der Waals surface area contributed by atoms with E-state index < -0.39 is 22.1 Å². The number of nitrogens with zero attached hydrogens (tertiary/aromatic N) is 2. The van der Waals surface area contributed by atoms with Crippen molar-refractivity contribution >= 4 is 21.9 Å². The Balaban J connectivity index is 1.28. The largest absolute Gasteiger partial charge is 0.573 e. The maximum Gasteiger partial charge on any atom is 0.573 e. The number of sulfonamides is 1. The highest BCUT2D eigenvalue weighted by Crippen LogP contribution is 2.43. The van der Waals surface area contributed by atoms with Crippen LogP contribution in [0, 0.1) is 11.3 Å². The summed E-state index contributed by atoms with van der Waals surface area (Å²) < 4.78 is 72.5. The normalized spacial score (nSPS) is 23.3. The van der Waals surface area contributed by atoms with E-state index in [2.05, 4.69) is 4.74 Å². The molecule has 4 rings (SSSR count). The van der Waals surface area contributed by atoms with Crippen LogP contribution in [0.5, 0.6) is 5.75 Å². The fourth-order valence-electron chi connectivity index (χ4n) is 4.23. The van der Waals surface area contributed by atoms with E-state index in [9.17, 15) is 31.2 Å². The van der Waals surface area contributed by atoms with E-state index >= 15 is 0 Å². The molecule has 1 aromatic carbocycles. The van der Waals surface area contributed by atoms with Crippen molar-refractivity contribution in [3.63, 3.8) is 0 Å². The van der Waals surface area contributed by atoms with Crippen molar-refractivity contribution in [2.45, 2.75) is 30.5 Å². The van der Waals surface area contributed by atoms with Crippen LogP contribution in [0.25, 0.3) is 0 Å². The van der Waals surface area contributed by atoms with Crippen molar-refractivity contribution < 1.29 is 40.7 Å². The molecule has 0 unspecified atom stereocenters. The summed E-state index contributed by atoms with van der Waals surface area (Å²) in [6, 6.07) is 4.29. The molecular formula is C19H21F3N2O6S. The molecule has 3 saturated heterocycles. The molecule has 0 N–H and O–H groups in total. The molecule has 1 aromatic rings. The lowest BCUT2D eigenvalue weighted by Gasteiger charge is -2.59. The zero-order valence-electron chi connectivity index (χ0n) is 16.4. The van der Waals surface area contributed by atoms with E-state index in [4.69, 9.17) is 4.74 Å². The Hall–Kier alpha value is -2.34. The summed E-state index contributed by atoms with van der Waals surface area (Å²) in [5.74, 6) is -0.818. The zero-order chi connectivity index (χ0) is 22.4. The van der Waals surface area contributed by atoms with Gasteiger partial charge >= 0.3 is 12.3 Å². The number of esters is 1. The standard InChI is InChI=1S/C19H21F3N2O6S/c20-19(21,22)30-14-2-1-3-15(7-14)31(27,28)24-11-18(12-24)9-23(10-18)16(25)5-4-13-6-17(26)29-8-13/h1-3,7,13H,4-6,8-12H2/t13-/m0/s1. The zero-order valence-corrected chi connectivity index (χ0v) is 17.2. The summed E-state index contributed by atoms with van der Waals surface area (Å²) in [6.45, 7) is 1.63. The van der Waals surface area contributed by atoms with Crippen LogP contribution in [0.3, 0.4) is 0 Å². The van der Waals surface area contributed by atoms with Crippen molar-refractivity contribution in [3.8, 4) is 5.75 Å². The Morgan fingerprint density at radius 1 is 1.23 bits per heavy atom. The van der Waals surface area contributed by atoms with Crippen LogP contribution in [0.2, 0.25) is 0 Å².